The van der Waals surface area contributed by atoms with Crippen LogP contribution in [0.1, 0.15) is 42.7 Å². The molecule has 0 bridgehead atoms. The fraction of sp³-hybridized carbons (Fsp3) is 0.471. The molecule has 1 N–H and O–H groups in total. The molecular weight excluding hydrogens is 246 g/mol. The number of rotatable bonds is 4. The molecule has 1 unspecified atom stereocenters. The Morgan fingerprint density at radius 3 is 2.85 bits per heavy atom. The molecule has 1 aliphatic heterocycles. The highest BCUT2D eigenvalue weighted by atomic mass is 15.1. The van der Waals surface area contributed by atoms with Crippen molar-refractivity contribution in [1.29, 1.82) is 0 Å². The van der Waals surface area contributed by atoms with Gasteiger partial charge in [-0.3, -0.25) is 0 Å². The summed E-state index contributed by atoms with van der Waals surface area (Å²) in [5.74, 6) is 1.24. The Kier molecular flexibility index (Phi) is 3.88. The molecule has 1 aromatic carbocycles. The van der Waals surface area contributed by atoms with Crippen molar-refractivity contribution < 1.29 is 0 Å². The number of aromatic nitrogens is 2. The fourth-order valence-electron chi connectivity index (χ4n) is 3.21. The van der Waals surface area contributed by atoms with E-state index in [1.165, 1.54) is 22.8 Å². The maximum atomic E-state index is 4.83. The molecule has 0 saturated heterocycles. The van der Waals surface area contributed by atoms with E-state index in [4.69, 9.17) is 4.98 Å². The lowest BCUT2D eigenvalue weighted by Crippen LogP contribution is -2.26. The summed E-state index contributed by atoms with van der Waals surface area (Å²) in [6.45, 7) is 6.51. The second-order valence-electron chi connectivity index (χ2n) is 5.61. The zero-order valence-electron chi connectivity index (χ0n) is 12.4. The first-order chi connectivity index (χ1) is 9.79. The van der Waals surface area contributed by atoms with Crippen LogP contribution in [0, 0.1) is 0 Å². The molecule has 0 radical (unpaired) electrons. The number of nitrogens with zero attached hydrogens (tertiary/aromatic N) is 2. The van der Waals surface area contributed by atoms with Gasteiger partial charge in [0.1, 0.15) is 5.82 Å². The highest BCUT2D eigenvalue weighted by Crippen LogP contribution is 2.24. The SMILES string of the molecule is CCc1nc2c(n1C(C)Cc1ccccc1)CCNC2. The quantitative estimate of drug-likeness (QED) is 0.925. The molecule has 1 atom stereocenters. The van der Waals surface area contributed by atoms with E-state index in [0.717, 1.165) is 32.4 Å². The van der Waals surface area contributed by atoms with Gasteiger partial charge in [0.2, 0.25) is 0 Å². The molecule has 3 nitrogen and oxygen atoms in total. The maximum Gasteiger partial charge on any atom is 0.109 e. The van der Waals surface area contributed by atoms with Crippen molar-refractivity contribution in [2.75, 3.05) is 6.54 Å². The number of nitrogens with one attached hydrogen (secondary N) is 1. The molecule has 0 aliphatic carbocycles. The molecule has 2 aromatic rings. The topological polar surface area (TPSA) is 29.9 Å². The molecular formula is C17H23N3. The Balaban J connectivity index is 1.90. The summed E-state index contributed by atoms with van der Waals surface area (Å²) in [7, 11) is 0. The van der Waals surface area contributed by atoms with Gasteiger partial charge in [-0.25, -0.2) is 4.98 Å². The largest absolute Gasteiger partial charge is 0.329 e. The minimum absolute atomic E-state index is 0.474. The van der Waals surface area contributed by atoms with E-state index in [-0.39, 0.29) is 0 Å². The first kappa shape index (κ1) is 13.4. The van der Waals surface area contributed by atoms with E-state index in [1.807, 2.05) is 0 Å². The van der Waals surface area contributed by atoms with Crippen molar-refractivity contribution in [3.63, 3.8) is 0 Å². The standard InChI is InChI=1S/C17H23N3/c1-3-17-19-15-12-18-10-9-16(15)20(17)13(2)11-14-7-5-4-6-8-14/h4-8,13,18H,3,9-12H2,1-2H3. The Hall–Kier alpha value is -1.61. The highest BCUT2D eigenvalue weighted by Gasteiger charge is 2.21. The van der Waals surface area contributed by atoms with Crippen molar-refractivity contribution in [3.05, 3.63) is 53.1 Å². The summed E-state index contributed by atoms with van der Waals surface area (Å²) < 4.78 is 2.49. The summed E-state index contributed by atoms with van der Waals surface area (Å²) in [5, 5.41) is 3.42. The first-order valence-electron chi connectivity index (χ1n) is 7.63. The van der Waals surface area contributed by atoms with Crippen LogP contribution in [0.4, 0.5) is 0 Å². The van der Waals surface area contributed by atoms with E-state index < -0.39 is 0 Å². The van der Waals surface area contributed by atoms with Crippen LogP contribution < -0.4 is 5.32 Å². The van der Waals surface area contributed by atoms with Gasteiger partial charge >= 0.3 is 0 Å². The van der Waals surface area contributed by atoms with E-state index >= 15 is 0 Å². The van der Waals surface area contributed by atoms with Gasteiger partial charge in [-0.15, -0.1) is 0 Å². The zero-order valence-corrected chi connectivity index (χ0v) is 12.4. The van der Waals surface area contributed by atoms with Crippen LogP contribution in [0.5, 0.6) is 0 Å². The van der Waals surface area contributed by atoms with Gasteiger partial charge in [-0.2, -0.15) is 0 Å². The number of aryl methyl sites for hydroxylation is 1. The molecule has 2 heterocycles. The molecule has 106 valence electrons. The Morgan fingerprint density at radius 2 is 2.10 bits per heavy atom. The molecule has 1 aliphatic rings. The van der Waals surface area contributed by atoms with Crippen molar-refractivity contribution in [2.24, 2.45) is 0 Å². The van der Waals surface area contributed by atoms with Crippen LogP contribution in [0.3, 0.4) is 0 Å². The van der Waals surface area contributed by atoms with Gasteiger partial charge in [-0.05, 0) is 18.9 Å². The van der Waals surface area contributed by atoms with Crippen molar-refractivity contribution in [2.45, 2.75) is 45.7 Å². The molecule has 1 aromatic heterocycles. The van der Waals surface area contributed by atoms with Crippen LogP contribution in [0.15, 0.2) is 30.3 Å². The van der Waals surface area contributed by atoms with E-state index in [2.05, 4.69) is 54.1 Å². The number of fused-ring (bicyclic) bond motifs is 1. The molecule has 3 heteroatoms. The predicted molar refractivity (Wildman–Crippen MR) is 81.9 cm³/mol. The molecule has 0 amide bonds. The molecule has 20 heavy (non-hydrogen) atoms. The van der Waals surface area contributed by atoms with Gasteiger partial charge in [0.25, 0.3) is 0 Å². The van der Waals surface area contributed by atoms with Crippen molar-refractivity contribution in [1.82, 2.24) is 14.9 Å². The smallest absolute Gasteiger partial charge is 0.109 e. The van der Waals surface area contributed by atoms with Gasteiger partial charge < -0.3 is 9.88 Å². The lowest BCUT2D eigenvalue weighted by atomic mass is 10.1. The second kappa shape index (κ2) is 5.80. The third kappa shape index (κ3) is 2.50. The Morgan fingerprint density at radius 1 is 1.30 bits per heavy atom. The minimum atomic E-state index is 0.474. The monoisotopic (exact) mass is 269 g/mol. The number of hydrogen-bond donors (Lipinski definition) is 1. The maximum absolute atomic E-state index is 4.83. The Bertz CT molecular complexity index is 571. The fourth-order valence-corrected chi connectivity index (χ4v) is 3.21. The number of imidazole rings is 1. The highest BCUT2D eigenvalue weighted by molar-refractivity contribution is 5.23. The number of benzene rings is 1. The zero-order chi connectivity index (χ0) is 13.9. The predicted octanol–water partition coefficient (Wildman–Crippen LogP) is 2.89. The molecule has 0 fully saturated rings. The van der Waals surface area contributed by atoms with Gasteiger partial charge in [0.15, 0.2) is 0 Å². The average molecular weight is 269 g/mol. The van der Waals surface area contributed by atoms with E-state index in [9.17, 15) is 0 Å². The summed E-state index contributed by atoms with van der Waals surface area (Å²) in [6, 6.07) is 11.2. The van der Waals surface area contributed by atoms with Crippen molar-refractivity contribution in [3.8, 4) is 0 Å². The van der Waals surface area contributed by atoms with E-state index in [1.54, 1.807) is 0 Å². The summed E-state index contributed by atoms with van der Waals surface area (Å²) in [6.07, 6.45) is 3.18. The summed E-state index contributed by atoms with van der Waals surface area (Å²) >= 11 is 0. The van der Waals surface area contributed by atoms with Gasteiger partial charge in [0.05, 0.1) is 5.69 Å². The Labute approximate surface area is 121 Å². The van der Waals surface area contributed by atoms with E-state index in [0.29, 0.717) is 6.04 Å². The van der Waals surface area contributed by atoms with Crippen molar-refractivity contribution >= 4 is 0 Å². The number of hydrogen-bond acceptors (Lipinski definition) is 2. The average Bonchev–Trinajstić information content (AvgIpc) is 2.86. The molecule has 0 saturated carbocycles. The summed E-state index contributed by atoms with van der Waals surface area (Å²) in [4.78, 5) is 4.83. The van der Waals surface area contributed by atoms with Gasteiger partial charge in [-0.1, -0.05) is 37.3 Å². The van der Waals surface area contributed by atoms with Crippen LogP contribution in [0.25, 0.3) is 0 Å². The molecule has 0 spiro atoms. The van der Waals surface area contributed by atoms with Crippen LogP contribution in [-0.2, 0) is 25.8 Å². The minimum Gasteiger partial charge on any atom is -0.329 e. The second-order valence-corrected chi connectivity index (χ2v) is 5.61. The molecule has 3 rings (SSSR count). The summed E-state index contributed by atoms with van der Waals surface area (Å²) in [5.41, 5.74) is 4.11. The van der Waals surface area contributed by atoms with Crippen LogP contribution in [0.2, 0.25) is 0 Å². The first-order valence-corrected chi connectivity index (χ1v) is 7.63. The van der Waals surface area contributed by atoms with Gasteiger partial charge in [0, 0.05) is 37.7 Å². The van der Waals surface area contributed by atoms with Crippen LogP contribution in [-0.4, -0.2) is 16.1 Å². The lowest BCUT2D eigenvalue weighted by molar-refractivity contribution is 0.492. The third-order valence-electron chi connectivity index (χ3n) is 4.13. The third-order valence-corrected chi connectivity index (χ3v) is 4.13. The lowest BCUT2D eigenvalue weighted by Gasteiger charge is -2.22. The van der Waals surface area contributed by atoms with Crippen LogP contribution >= 0.6 is 0 Å². The normalized spacial score (nSPS) is 15.9.